The zero-order valence-electron chi connectivity index (χ0n) is 14.2. The summed E-state index contributed by atoms with van der Waals surface area (Å²) in [6.07, 6.45) is -3.54. The minimum atomic E-state index is -1.17. The predicted molar refractivity (Wildman–Crippen MR) is 81.0 cm³/mol. The molecule has 0 saturated carbocycles. The summed E-state index contributed by atoms with van der Waals surface area (Å²) in [4.78, 5) is 67.8. The van der Waals surface area contributed by atoms with Gasteiger partial charge in [-0.1, -0.05) is 0 Å². The smallest absolute Gasteiger partial charge is 0.307 e. The molecular formula is C16H22O8. The maximum atomic E-state index is 11.6. The minimum Gasteiger partial charge on any atom is -0.454 e. The van der Waals surface area contributed by atoms with Crippen molar-refractivity contribution in [3.63, 3.8) is 0 Å². The van der Waals surface area contributed by atoms with E-state index < -0.39 is 35.7 Å². The third-order valence-corrected chi connectivity index (χ3v) is 2.93. The van der Waals surface area contributed by atoms with Crippen molar-refractivity contribution < 1.29 is 38.2 Å². The third kappa shape index (κ3) is 9.60. The quantitative estimate of drug-likeness (QED) is 0.504. The Kier molecular flexibility index (Phi) is 9.37. The molecule has 0 radical (unpaired) electrons. The number of esters is 2. The first-order chi connectivity index (χ1) is 11.0. The average molecular weight is 342 g/mol. The second-order valence-corrected chi connectivity index (χ2v) is 5.49. The van der Waals surface area contributed by atoms with Gasteiger partial charge in [0.05, 0.1) is 25.7 Å². The van der Waals surface area contributed by atoms with Crippen LogP contribution in [0.4, 0.5) is 0 Å². The molecule has 0 aromatic carbocycles. The highest BCUT2D eigenvalue weighted by molar-refractivity contribution is 5.90. The van der Waals surface area contributed by atoms with Crippen LogP contribution in [0, 0.1) is 0 Å². The standard InChI is InChI=1S/C16H22O8/c1-9(17)7-13(11(3)19)23-15(21)5-6-16(22)24-14(12(4)20)8-10(2)18/h13-14H,5-8H2,1-4H3. The first-order valence-electron chi connectivity index (χ1n) is 7.41. The van der Waals surface area contributed by atoms with Crippen LogP contribution in [-0.2, 0) is 38.2 Å². The number of ketones is 4. The van der Waals surface area contributed by atoms with E-state index in [9.17, 15) is 28.8 Å². The molecule has 0 rings (SSSR count). The molecule has 0 aliphatic rings. The van der Waals surface area contributed by atoms with Gasteiger partial charge in [-0.15, -0.1) is 0 Å². The predicted octanol–water partition coefficient (Wildman–Crippen LogP) is 0.726. The van der Waals surface area contributed by atoms with Gasteiger partial charge < -0.3 is 9.47 Å². The fraction of sp³-hybridized carbons (Fsp3) is 0.625. The molecule has 0 bridgehead atoms. The first-order valence-corrected chi connectivity index (χ1v) is 7.41. The Morgan fingerprint density at radius 3 is 1.12 bits per heavy atom. The van der Waals surface area contributed by atoms with Crippen molar-refractivity contribution in [3.05, 3.63) is 0 Å². The Labute approximate surface area is 139 Å². The van der Waals surface area contributed by atoms with Crippen LogP contribution in [0.2, 0.25) is 0 Å². The topological polar surface area (TPSA) is 121 Å². The molecule has 0 aliphatic carbocycles. The lowest BCUT2D eigenvalue weighted by atomic mass is 10.1. The average Bonchev–Trinajstić information content (AvgIpc) is 2.42. The van der Waals surface area contributed by atoms with Crippen molar-refractivity contribution >= 4 is 35.1 Å². The van der Waals surface area contributed by atoms with E-state index >= 15 is 0 Å². The van der Waals surface area contributed by atoms with Crippen LogP contribution in [0.25, 0.3) is 0 Å². The van der Waals surface area contributed by atoms with Crippen LogP contribution in [0.3, 0.4) is 0 Å². The second-order valence-electron chi connectivity index (χ2n) is 5.49. The third-order valence-electron chi connectivity index (χ3n) is 2.93. The molecule has 0 aromatic heterocycles. The van der Waals surface area contributed by atoms with E-state index in [4.69, 9.17) is 9.47 Å². The van der Waals surface area contributed by atoms with Gasteiger partial charge in [0.15, 0.2) is 23.8 Å². The van der Waals surface area contributed by atoms with Crippen molar-refractivity contribution in [3.8, 4) is 0 Å². The van der Waals surface area contributed by atoms with Gasteiger partial charge in [-0.2, -0.15) is 0 Å². The molecule has 0 fully saturated rings. The van der Waals surface area contributed by atoms with Crippen molar-refractivity contribution in [1.29, 1.82) is 0 Å². The molecule has 24 heavy (non-hydrogen) atoms. The van der Waals surface area contributed by atoms with Crippen LogP contribution in [0.15, 0.2) is 0 Å². The fourth-order valence-electron chi connectivity index (χ4n) is 1.70. The Bertz CT molecular complexity index is 486. The maximum absolute atomic E-state index is 11.6. The lowest BCUT2D eigenvalue weighted by molar-refractivity contribution is -0.161. The molecule has 8 heteroatoms. The van der Waals surface area contributed by atoms with Gasteiger partial charge in [-0.3, -0.25) is 28.8 Å². The summed E-state index contributed by atoms with van der Waals surface area (Å²) in [6, 6.07) is 0. The summed E-state index contributed by atoms with van der Waals surface area (Å²) in [5.74, 6) is -3.23. The van der Waals surface area contributed by atoms with Crippen LogP contribution in [0.1, 0.15) is 53.4 Å². The molecule has 0 amide bonds. The SMILES string of the molecule is CC(=O)CC(OC(=O)CCC(=O)OC(CC(C)=O)C(C)=O)C(C)=O. The van der Waals surface area contributed by atoms with E-state index in [1.807, 2.05) is 0 Å². The molecule has 2 unspecified atom stereocenters. The van der Waals surface area contributed by atoms with Gasteiger partial charge in [0.25, 0.3) is 0 Å². The number of hydrogen-bond donors (Lipinski definition) is 0. The van der Waals surface area contributed by atoms with Crippen LogP contribution >= 0.6 is 0 Å². The summed E-state index contributed by atoms with van der Waals surface area (Å²) in [6.45, 7) is 4.90. The van der Waals surface area contributed by atoms with Crippen molar-refractivity contribution in [1.82, 2.24) is 0 Å². The summed E-state index contributed by atoms with van der Waals surface area (Å²) < 4.78 is 9.70. The highest BCUT2D eigenvalue weighted by atomic mass is 16.6. The molecule has 0 spiro atoms. The van der Waals surface area contributed by atoms with E-state index in [1.54, 1.807) is 0 Å². The van der Waals surface area contributed by atoms with E-state index in [0.29, 0.717) is 0 Å². The van der Waals surface area contributed by atoms with Gasteiger partial charge in [-0.25, -0.2) is 0 Å². The number of Topliss-reactive ketones (excluding diaryl/α,β-unsaturated/α-hetero) is 4. The van der Waals surface area contributed by atoms with Crippen LogP contribution < -0.4 is 0 Å². The zero-order valence-corrected chi connectivity index (χ0v) is 14.2. The summed E-state index contributed by atoms with van der Waals surface area (Å²) in [5, 5.41) is 0. The van der Waals surface area contributed by atoms with Crippen molar-refractivity contribution in [2.24, 2.45) is 0 Å². The fourth-order valence-corrected chi connectivity index (χ4v) is 1.70. The Morgan fingerprint density at radius 2 is 0.917 bits per heavy atom. The number of hydrogen-bond acceptors (Lipinski definition) is 8. The Balaban J connectivity index is 4.45. The minimum absolute atomic E-state index is 0.226. The van der Waals surface area contributed by atoms with Gasteiger partial charge in [-0.05, 0) is 27.7 Å². The lowest BCUT2D eigenvalue weighted by Gasteiger charge is -2.15. The normalized spacial score (nSPS) is 12.7. The van der Waals surface area contributed by atoms with E-state index in [0.717, 1.165) is 0 Å². The summed E-state index contributed by atoms with van der Waals surface area (Å²) in [7, 11) is 0. The molecule has 8 nitrogen and oxygen atoms in total. The van der Waals surface area contributed by atoms with Gasteiger partial charge in [0, 0.05) is 0 Å². The molecule has 2 atom stereocenters. The zero-order chi connectivity index (χ0) is 18.9. The summed E-state index contributed by atoms with van der Waals surface area (Å²) >= 11 is 0. The van der Waals surface area contributed by atoms with Gasteiger partial charge in [0.1, 0.15) is 11.6 Å². The number of carbonyl (C=O) groups is 6. The number of carbonyl (C=O) groups excluding carboxylic acids is 6. The van der Waals surface area contributed by atoms with Crippen molar-refractivity contribution in [2.45, 2.75) is 65.6 Å². The van der Waals surface area contributed by atoms with Crippen LogP contribution in [-0.4, -0.2) is 47.3 Å². The second kappa shape index (κ2) is 10.4. The van der Waals surface area contributed by atoms with Crippen LogP contribution in [0.5, 0.6) is 0 Å². The Morgan fingerprint density at radius 1 is 0.625 bits per heavy atom. The molecule has 0 saturated heterocycles. The number of ether oxygens (including phenoxy) is 2. The highest BCUT2D eigenvalue weighted by Gasteiger charge is 2.24. The largest absolute Gasteiger partial charge is 0.454 e. The van der Waals surface area contributed by atoms with Gasteiger partial charge >= 0.3 is 11.9 Å². The molecule has 0 heterocycles. The maximum Gasteiger partial charge on any atom is 0.307 e. The van der Waals surface area contributed by atoms with E-state index in [-0.39, 0.29) is 37.2 Å². The highest BCUT2D eigenvalue weighted by Crippen LogP contribution is 2.08. The molecule has 0 aromatic rings. The molecular weight excluding hydrogens is 320 g/mol. The summed E-state index contributed by atoms with van der Waals surface area (Å²) in [5.41, 5.74) is 0. The number of rotatable bonds is 11. The lowest BCUT2D eigenvalue weighted by Crippen LogP contribution is -2.29. The van der Waals surface area contributed by atoms with E-state index in [1.165, 1.54) is 27.7 Å². The monoisotopic (exact) mass is 342 g/mol. The van der Waals surface area contributed by atoms with E-state index in [2.05, 4.69) is 0 Å². The molecule has 0 aliphatic heterocycles. The Hall–Kier alpha value is -2.38. The first kappa shape index (κ1) is 21.6. The van der Waals surface area contributed by atoms with Gasteiger partial charge in [0.2, 0.25) is 0 Å². The molecule has 134 valence electrons. The van der Waals surface area contributed by atoms with Crippen molar-refractivity contribution in [2.75, 3.05) is 0 Å². The molecule has 0 N–H and O–H groups in total.